The SMILES string of the molecule is CCOC(=O)CCC(=O)c1nc2c(C#Cc3ccccc3Cl)cccc2c(C#N)c1O. The lowest BCUT2D eigenvalue weighted by Crippen LogP contribution is -2.10. The molecule has 6 nitrogen and oxygen atoms in total. The van der Waals surface area contributed by atoms with Crippen molar-refractivity contribution in [2.75, 3.05) is 6.61 Å². The minimum atomic E-state index is -0.571. The van der Waals surface area contributed by atoms with E-state index in [0.717, 1.165) is 0 Å². The zero-order chi connectivity index (χ0) is 22.4. The molecule has 3 aromatic rings. The fraction of sp³-hybridized carbons (Fsp3) is 0.167. The number of carbonyl (C=O) groups excluding carboxylic acids is 2. The van der Waals surface area contributed by atoms with Crippen LogP contribution in [0.2, 0.25) is 5.02 Å². The number of halogens is 1. The van der Waals surface area contributed by atoms with Crippen LogP contribution in [-0.2, 0) is 9.53 Å². The summed E-state index contributed by atoms with van der Waals surface area (Å²) in [4.78, 5) is 28.5. The number of benzene rings is 2. The van der Waals surface area contributed by atoms with Gasteiger partial charge in [0.1, 0.15) is 17.3 Å². The van der Waals surface area contributed by atoms with Crippen molar-refractivity contribution in [2.24, 2.45) is 0 Å². The molecule has 0 amide bonds. The summed E-state index contributed by atoms with van der Waals surface area (Å²) in [6.45, 7) is 1.87. The first-order chi connectivity index (χ1) is 15.0. The van der Waals surface area contributed by atoms with Crippen molar-refractivity contribution in [3.8, 4) is 23.7 Å². The Kier molecular flexibility index (Phi) is 6.87. The molecule has 0 radical (unpaired) electrons. The van der Waals surface area contributed by atoms with Crippen LogP contribution in [0.25, 0.3) is 10.9 Å². The fourth-order valence-corrected chi connectivity index (χ4v) is 3.13. The van der Waals surface area contributed by atoms with Crippen molar-refractivity contribution in [3.63, 3.8) is 0 Å². The van der Waals surface area contributed by atoms with Gasteiger partial charge < -0.3 is 9.84 Å². The third-order valence-electron chi connectivity index (χ3n) is 4.43. The second-order valence-electron chi connectivity index (χ2n) is 6.46. The summed E-state index contributed by atoms with van der Waals surface area (Å²) in [6, 6.07) is 14.0. The molecule has 0 atom stereocenters. The zero-order valence-corrected chi connectivity index (χ0v) is 17.4. The summed E-state index contributed by atoms with van der Waals surface area (Å²) in [7, 11) is 0. The molecule has 154 valence electrons. The summed E-state index contributed by atoms with van der Waals surface area (Å²) in [6.07, 6.45) is -0.356. The normalized spacial score (nSPS) is 10.1. The Balaban J connectivity index is 2.08. The van der Waals surface area contributed by atoms with Gasteiger partial charge in [-0.3, -0.25) is 9.59 Å². The molecule has 0 aliphatic carbocycles. The molecule has 0 bridgehead atoms. The van der Waals surface area contributed by atoms with Crippen molar-refractivity contribution >= 4 is 34.3 Å². The number of fused-ring (bicyclic) bond motifs is 1. The van der Waals surface area contributed by atoms with Gasteiger partial charge in [-0.1, -0.05) is 47.7 Å². The van der Waals surface area contributed by atoms with Crippen molar-refractivity contribution in [1.82, 2.24) is 4.98 Å². The molecular formula is C24H17ClN2O4. The Morgan fingerprint density at radius 2 is 1.81 bits per heavy atom. The van der Waals surface area contributed by atoms with E-state index in [9.17, 15) is 20.0 Å². The quantitative estimate of drug-likeness (QED) is 0.364. The first-order valence-electron chi connectivity index (χ1n) is 9.47. The van der Waals surface area contributed by atoms with Crippen molar-refractivity contribution < 1.29 is 19.4 Å². The summed E-state index contributed by atoms with van der Waals surface area (Å²) in [5, 5.41) is 20.9. The van der Waals surface area contributed by atoms with Crippen LogP contribution < -0.4 is 0 Å². The average Bonchev–Trinajstić information content (AvgIpc) is 2.76. The smallest absolute Gasteiger partial charge is 0.306 e. The van der Waals surface area contributed by atoms with Gasteiger partial charge in [0.25, 0.3) is 0 Å². The average molecular weight is 433 g/mol. The van der Waals surface area contributed by atoms with Crippen molar-refractivity contribution in [3.05, 3.63) is 69.9 Å². The maximum Gasteiger partial charge on any atom is 0.306 e. The Hall–Kier alpha value is -3.87. The lowest BCUT2D eigenvalue weighted by atomic mass is 10.0. The highest BCUT2D eigenvalue weighted by atomic mass is 35.5. The van der Waals surface area contributed by atoms with Gasteiger partial charge in [0, 0.05) is 17.4 Å². The molecule has 0 spiro atoms. The number of rotatable bonds is 5. The van der Waals surface area contributed by atoms with E-state index in [1.165, 1.54) is 0 Å². The highest BCUT2D eigenvalue weighted by Gasteiger charge is 2.21. The number of esters is 1. The molecule has 0 aliphatic heterocycles. The number of aromatic hydroxyl groups is 1. The predicted molar refractivity (Wildman–Crippen MR) is 116 cm³/mol. The molecule has 1 N–H and O–H groups in total. The molecular weight excluding hydrogens is 416 g/mol. The zero-order valence-electron chi connectivity index (χ0n) is 16.6. The maximum atomic E-state index is 12.6. The first-order valence-corrected chi connectivity index (χ1v) is 9.85. The number of aromatic nitrogens is 1. The van der Waals surface area contributed by atoms with Gasteiger partial charge in [-0.05, 0) is 25.1 Å². The number of hydrogen-bond donors (Lipinski definition) is 1. The van der Waals surface area contributed by atoms with Crippen LogP contribution in [0.3, 0.4) is 0 Å². The van der Waals surface area contributed by atoms with Gasteiger partial charge in [0.2, 0.25) is 0 Å². The molecule has 1 aromatic heterocycles. The van der Waals surface area contributed by atoms with E-state index in [1.54, 1.807) is 43.3 Å². The van der Waals surface area contributed by atoms with Gasteiger partial charge in [-0.2, -0.15) is 5.26 Å². The second kappa shape index (κ2) is 9.75. The van der Waals surface area contributed by atoms with E-state index in [4.69, 9.17) is 16.3 Å². The maximum absolute atomic E-state index is 12.6. The van der Waals surface area contributed by atoms with Gasteiger partial charge in [0.05, 0.1) is 29.1 Å². The van der Waals surface area contributed by atoms with Crippen LogP contribution >= 0.6 is 11.6 Å². The molecule has 7 heteroatoms. The molecule has 2 aromatic carbocycles. The van der Waals surface area contributed by atoms with Crippen LogP contribution in [0.1, 0.15) is 46.9 Å². The monoisotopic (exact) mass is 432 g/mol. The number of ketones is 1. The number of Topliss-reactive ketones (excluding diaryl/α,β-unsaturated/α-hetero) is 1. The van der Waals surface area contributed by atoms with Crippen LogP contribution in [0.15, 0.2) is 42.5 Å². The van der Waals surface area contributed by atoms with E-state index in [2.05, 4.69) is 16.8 Å². The van der Waals surface area contributed by atoms with Crippen LogP contribution in [0.4, 0.5) is 0 Å². The summed E-state index contributed by atoms with van der Waals surface area (Å²) < 4.78 is 4.82. The van der Waals surface area contributed by atoms with E-state index in [-0.39, 0.29) is 30.7 Å². The number of hydrogen-bond acceptors (Lipinski definition) is 6. The van der Waals surface area contributed by atoms with Crippen molar-refractivity contribution in [1.29, 1.82) is 5.26 Å². The van der Waals surface area contributed by atoms with Crippen molar-refractivity contribution in [2.45, 2.75) is 19.8 Å². The molecule has 0 saturated heterocycles. The Bertz CT molecular complexity index is 1280. The number of ether oxygens (including phenoxy) is 1. The summed E-state index contributed by atoms with van der Waals surface area (Å²) in [5.74, 6) is 4.33. The van der Waals surface area contributed by atoms with Gasteiger partial charge in [-0.25, -0.2) is 4.98 Å². The molecule has 3 rings (SSSR count). The summed E-state index contributed by atoms with van der Waals surface area (Å²) in [5.41, 5.74) is 1.03. The highest BCUT2D eigenvalue weighted by Crippen LogP contribution is 2.31. The largest absolute Gasteiger partial charge is 0.504 e. The molecule has 0 saturated carbocycles. The second-order valence-corrected chi connectivity index (χ2v) is 6.86. The fourth-order valence-electron chi connectivity index (χ4n) is 2.95. The third kappa shape index (κ3) is 4.83. The molecule has 1 heterocycles. The topological polar surface area (TPSA) is 100 Å². The lowest BCUT2D eigenvalue weighted by molar-refractivity contribution is -0.143. The number of pyridine rings is 1. The standard InChI is InChI=1S/C24H17ClN2O4/c1-2-31-21(29)13-12-20(28)23-24(30)18(14-26)17-8-5-7-16(22(17)27-23)11-10-15-6-3-4-9-19(15)25/h3-9,30H,2,12-13H2,1H3. The minimum absolute atomic E-state index is 0.0779. The highest BCUT2D eigenvalue weighted by molar-refractivity contribution is 6.31. The number of carbonyl (C=O) groups is 2. The molecule has 31 heavy (non-hydrogen) atoms. The first kappa shape index (κ1) is 21.8. The number of para-hydroxylation sites is 1. The van der Waals surface area contributed by atoms with Gasteiger partial charge in [-0.15, -0.1) is 0 Å². The Morgan fingerprint density at radius 3 is 2.52 bits per heavy atom. The van der Waals surface area contributed by atoms with Crippen LogP contribution in [0.5, 0.6) is 5.75 Å². The molecule has 0 fully saturated rings. The Labute approximate surface area is 184 Å². The minimum Gasteiger partial charge on any atom is -0.504 e. The molecule has 0 unspecified atom stereocenters. The Morgan fingerprint density at radius 1 is 1.10 bits per heavy atom. The summed E-state index contributed by atoms with van der Waals surface area (Å²) >= 11 is 6.15. The lowest BCUT2D eigenvalue weighted by Gasteiger charge is -2.09. The van der Waals surface area contributed by atoms with E-state index in [0.29, 0.717) is 27.1 Å². The van der Waals surface area contributed by atoms with E-state index < -0.39 is 17.5 Å². The van der Waals surface area contributed by atoms with Gasteiger partial charge in [0.15, 0.2) is 11.5 Å². The van der Waals surface area contributed by atoms with E-state index in [1.807, 2.05) is 12.1 Å². The van der Waals surface area contributed by atoms with E-state index >= 15 is 0 Å². The number of nitrogens with zero attached hydrogens (tertiary/aromatic N) is 2. The number of nitriles is 1. The third-order valence-corrected chi connectivity index (χ3v) is 4.76. The molecule has 0 aliphatic rings. The van der Waals surface area contributed by atoms with Crippen LogP contribution in [0, 0.1) is 23.2 Å². The van der Waals surface area contributed by atoms with Crippen LogP contribution in [-0.4, -0.2) is 28.4 Å². The predicted octanol–water partition coefficient (Wildman–Crippen LogP) is 4.39. The van der Waals surface area contributed by atoms with Gasteiger partial charge >= 0.3 is 5.97 Å².